The number of hydrogen-bond acceptors (Lipinski definition) is 6. The van der Waals surface area contributed by atoms with E-state index in [4.69, 9.17) is 9.15 Å². The van der Waals surface area contributed by atoms with Crippen molar-refractivity contribution < 1.29 is 79.6 Å². The number of amides is 2. The summed E-state index contributed by atoms with van der Waals surface area (Å²) in [6.07, 6.45) is 0. The van der Waals surface area contributed by atoms with Crippen molar-refractivity contribution in [2.75, 3.05) is 19.0 Å². The zero-order chi connectivity index (χ0) is 21.2. The van der Waals surface area contributed by atoms with Crippen molar-refractivity contribution in [2.24, 2.45) is 0 Å². The largest absolute Gasteiger partial charge is 1.00 e. The third-order valence-corrected chi connectivity index (χ3v) is 4.28. The van der Waals surface area contributed by atoms with E-state index >= 15 is 0 Å². The number of hydrogen-bond donors (Lipinski definition) is 2. The molecule has 0 aliphatic heterocycles. The van der Waals surface area contributed by atoms with Crippen LogP contribution in [0, 0.1) is 12.7 Å². The first kappa shape index (κ1) is 24.4. The molecule has 0 aliphatic carbocycles. The number of nitrogens with one attached hydrogen (secondary N) is 2. The zero-order valence-electron chi connectivity index (χ0n) is 17.0. The number of rotatable bonds is 6. The molecule has 10 heteroatoms. The third kappa shape index (κ3) is 5.45. The predicted molar refractivity (Wildman–Crippen MR) is 102 cm³/mol. The van der Waals surface area contributed by atoms with E-state index in [1.807, 2.05) is 19.1 Å². The van der Waals surface area contributed by atoms with E-state index in [-0.39, 0.29) is 69.6 Å². The summed E-state index contributed by atoms with van der Waals surface area (Å²) in [5.74, 6) is -2.03. The number of carboxylic acid groups (broad SMARTS) is 1. The van der Waals surface area contributed by atoms with Crippen LogP contribution in [0.4, 0.5) is 14.9 Å². The van der Waals surface area contributed by atoms with E-state index in [1.54, 1.807) is 6.07 Å². The maximum absolute atomic E-state index is 14.5. The van der Waals surface area contributed by atoms with Crippen molar-refractivity contribution in [3.05, 3.63) is 47.8 Å². The Bertz CT molecular complexity index is 1090. The first-order valence-electron chi connectivity index (χ1n) is 8.68. The minimum absolute atomic E-state index is 0. The number of aliphatic carboxylic acids is 1. The first-order chi connectivity index (χ1) is 13.7. The molecule has 2 aromatic carbocycles. The van der Waals surface area contributed by atoms with Crippen molar-refractivity contribution >= 4 is 28.8 Å². The van der Waals surface area contributed by atoms with Gasteiger partial charge in [-0.25, -0.2) is 14.2 Å². The Hall–Kier alpha value is -1.82. The molecule has 0 aliphatic rings. The summed E-state index contributed by atoms with van der Waals surface area (Å²) >= 11 is 0. The van der Waals surface area contributed by atoms with Gasteiger partial charge in [-0.1, -0.05) is 6.07 Å². The molecule has 1 unspecified atom stereocenters. The van der Waals surface area contributed by atoms with E-state index < -0.39 is 23.4 Å². The molecule has 3 rings (SSSR count). The summed E-state index contributed by atoms with van der Waals surface area (Å²) in [6, 6.07) is 8.63. The Morgan fingerprint density at radius 1 is 1.27 bits per heavy atom. The van der Waals surface area contributed by atoms with E-state index in [0.717, 1.165) is 5.56 Å². The average molecular weight is 439 g/mol. The minimum Gasteiger partial charge on any atom is -0.547 e. The molecule has 2 amide bonds. The molecule has 1 atom stereocenters. The standard InChI is InChI=1S/C20H20FN3O5.K/c1-11-4-7-16-15(8-11)22-17(29-16)12-5-6-14(13(21)9-12)23-19(27)24-20(2,10-28-3)18(25)26;/h4-9H,10H2,1-3H3,(H,25,26)(H2,23,24,27);/q;+1/p-1. The summed E-state index contributed by atoms with van der Waals surface area (Å²) in [7, 11) is 1.28. The summed E-state index contributed by atoms with van der Waals surface area (Å²) < 4.78 is 24.9. The quantitative estimate of drug-likeness (QED) is 0.487. The molecule has 152 valence electrons. The van der Waals surface area contributed by atoms with Crippen LogP contribution in [0.1, 0.15) is 12.5 Å². The number of carboxylic acids is 1. The second kappa shape index (κ2) is 9.99. The van der Waals surface area contributed by atoms with Crippen LogP contribution in [0.5, 0.6) is 0 Å². The topological polar surface area (TPSA) is 117 Å². The molecule has 0 radical (unpaired) electrons. The van der Waals surface area contributed by atoms with Crippen LogP contribution >= 0.6 is 0 Å². The molecule has 30 heavy (non-hydrogen) atoms. The van der Waals surface area contributed by atoms with Crippen LogP contribution in [-0.4, -0.2) is 36.2 Å². The number of anilines is 1. The number of aromatic nitrogens is 1. The van der Waals surface area contributed by atoms with Gasteiger partial charge in [-0.2, -0.15) is 0 Å². The van der Waals surface area contributed by atoms with Crippen molar-refractivity contribution in [1.29, 1.82) is 0 Å². The minimum atomic E-state index is -1.77. The summed E-state index contributed by atoms with van der Waals surface area (Å²) in [5.41, 5.74) is 0.726. The van der Waals surface area contributed by atoms with Gasteiger partial charge in [0, 0.05) is 12.7 Å². The Balaban J connectivity index is 0.00000320. The van der Waals surface area contributed by atoms with E-state index in [0.29, 0.717) is 16.7 Å². The number of methoxy groups -OCH3 is 1. The molecule has 3 aromatic rings. The molecular weight excluding hydrogens is 420 g/mol. The predicted octanol–water partition coefficient (Wildman–Crippen LogP) is -0.777. The molecule has 0 saturated heterocycles. The maximum Gasteiger partial charge on any atom is 1.00 e. The van der Waals surface area contributed by atoms with Gasteiger partial charge in [-0.05, 0) is 49.7 Å². The molecule has 1 aromatic heterocycles. The number of urea groups is 1. The summed E-state index contributed by atoms with van der Waals surface area (Å²) in [6.45, 7) is 2.83. The number of carbonyl (C=O) groups excluding carboxylic acids is 2. The van der Waals surface area contributed by atoms with Gasteiger partial charge < -0.3 is 29.7 Å². The van der Waals surface area contributed by atoms with Crippen molar-refractivity contribution in [1.82, 2.24) is 10.3 Å². The number of ether oxygens (including phenoxy) is 1. The van der Waals surface area contributed by atoms with E-state index in [1.165, 1.54) is 32.2 Å². The number of aryl methyl sites for hydroxylation is 1. The fraction of sp³-hybridized carbons (Fsp3) is 0.250. The van der Waals surface area contributed by atoms with Gasteiger partial charge >= 0.3 is 57.4 Å². The Kier molecular flexibility index (Phi) is 8.14. The molecular formula is C20H19FKN3O5. The number of benzene rings is 2. The van der Waals surface area contributed by atoms with Crippen LogP contribution < -0.4 is 67.1 Å². The van der Waals surface area contributed by atoms with Gasteiger partial charge in [0.15, 0.2) is 5.58 Å². The number of carbonyl (C=O) groups is 2. The van der Waals surface area contributed by atoms with Gasteiger partial charge in [-0.3, -0.25) is 0 Å². The molecule has 8 nitrogen and oxygen atoms in total. The first-order valence-corrected chi connectivity index (χ1v) is 8.68. The van der Waals surface area contributed by atoms with Crippen LogP contribution in [0.25, 0.3) is 22.6 Å². The maximum atomic E-state index is 14.5. The van der Waals surface area contributed by atoms with Crippen molar-refractivity contribution in [3.63, 3.8) is 0 Å². The Morgan fingerprint density at radius 3 is 2.63 bits per heavy atom. The van der Waals surface area contributed by atoms with Crippen LogP contribution in [-0.2, 0) is 9.53 Å². The summed E-state index contributed by atoms with van der Waals surface area (Å²) in [4.78, 5) is 27.7. The van der Waals surface area contributed by atoms with Gasteiger partial charge in [0.25, 0.3) is 0 Å². The Morgan fingerprint density at radius 2 is 2.00 bits per heavy atom. The van der Waals surface area contributed by atoms with Crippen LogP contribution in [0.3, 0.4) is 0 Å². The van der Waals surface area contributed by atoms with Crippen molar-refractivity contribution in [2.45, 2.75) is 19.4 Å². The zero-order valence-corrected chi connectivity index (χ0v) is 20.2. The van der Waals surface area contributed by atoms with Crippen LogP contribution in [0.2, 0.25) is 0 Å². The Labute approximate surface area is 214 Å². The molecule has 1 heterocycles. The number of halogens is 1. The van der Waals surface area contributed by atoms with Crippen molar-refractivity contribution in [3.8, 4) is 11.5 Å². The van der Waals surface area contributed by atoms with E-state index in [2.05, 4.69) is 15.6 Å². The average Bonchev–Trinajstić information content (AvgIpc) is 3.06. The monoisotopic (exact) mass is 439 g/mol. The molecule has 2 N–H and O–H groups in total. The number of fused-ring (bicyclic) bond motifs is 1. The number of oxazole rings is 1. The van der Waals surface area contributed by atoms with Gasteiger partial charge in [0.2, 0.25) is 5.89 Å². The molecule has 0 bridgehead atoms. The fourth-order valence-electron chi connectivity index (χ4n) is 2.75. The normalized spacial score (nSPS) is 12.7. The van der Waals surface area contributed by atoms with Gasteiger partial charge in [-0.15, -0.1) is 0 Å². The second-order valence-electron chi connectivity index (χ2n) is 6.82. The number of nitrogens with zero attached hydrogens (tertiary/aromatic N) is 1. The fourth-order valence-corrected chi connectivity index (χ4v) is 2.75. The second-order valence-corrected chi connectivity index (χ2v) is 6.82. The van der Waals surface area contributed by atoms with E-state index in [9.17, 15) is 19.1 Å². The summed E-state index contributed by atoms with van der Waals surface area (Å²) in [5, 5.41) is 15.7. The molecule has 0 fully saturated rings. The van der Waals surface area contributed by atoms with Gasteiger partial charge in [0.1, 0.15) is 16.9 Å². The smallest absolute Gasteiger partial charge is 0.547 e. The SMILES string of the molecule is COCC(C)(NC(=O)Nc1ccc(-c2nc3cc(C)ccc3o2)cc1F)C(=O)[O-].[K+]. The third-order valence-electron chi connectivity index (χ3n) is 4.28. The molecule has 0 saturated carbocycles. The molecule has 0 spiro atoms. The van der Waals surface area contributed by atoms with Gasteiger partial charge in [0.05, 0.1) is 18.3 Å². The van der Waals surface area contributed by atoms with Crippen LogP contribution in [0.15, 0.2) is 40.8 Å².